The molecular weight excluding hydrogens is 244 g/mol. The lowest BCUT2D eigenvalue weighted by Gasteiger charge is -2.28. The van der Waals surface area contributed by atoms with E-state index in [0.29, 0.717) is 12.5 Å². The summed E-state index contributed by atoms with van der Waals surface area (Å²) in [6.07, 6.45) is 2.14. The first-order chi connectivity index (χ1) is 9.29. The van der Waals surface area contributed by atoms with Crippen LogP contribution in [0.2, 0.25) is 0 Å². The van der Waals surface area contributed by atoms with Gasteiger partial charge in [-0.3, -0.25) is 9.69 Å². The summed E-state index contributed by atoms with van der Waals surface area (Å²) in [6.45, 7) is 9.31. The molecule has 0 spiro atoms. The van der Waals surface area contributed by atoms with Gasteiger partial charge >= 0.3 is 0 Å². The number of carbonyl (C=O) groups is 1. The Labute approximate surface area is 115 Å². The average Bonchev–Trinajstić information content (AvgIpc) is 2.89. The lowest BCUT2D eigenvalue weighted by Crippen LogP contribution is -2.44. The van der Waals surface area contributed by atoms with Crippen molar-refractivity contribution in [2.24, 2.45) is 5.92 Å². The van der Waals surface area contributed by atoms with Crippen molar-refractivity contribution in [1.82, 2.24) is 9.80 Å². The van der Waals surface area contributed by atoms with Crippen LogP contribution in [0.15, 0.2) is 0 Å². The first-order valence-corrected chi connectivity index (χ1v) is 7.45. The minimum atomic E-state index is 0.264. The third-order valence-corrected chi connectivity index (χ3v) is 3.80. The van der Waals surface area contributed by atoms with E-state index in [-0.39, 0.29) is 5.91 Å². The third-order valence-electron chi connectivity index (χ3n) is 3.80. The molecule has 0 aromatic heterocycles. The second-order valence-corrected chi connectivity index (χ2v) is 5.46. The monoisotopic (exact) mass is 270 g/mol. The van der Waals surface area contributed by atoms with E-state index in [2.05, 4.69) is 11.8 Å². The van der Waals surface area contributed by atoms with Gasteiger partial charge in [0.2, 0.25) is 5.91 Å². The summed E-state index contributed by atoms with van der Waals surface area (Å²) >= 11 is 0. The third kappa shape index (κ3) is 4.75. The van der Waals surface area contributed by atoms with E-state index in [1.807, 2.05) is 4.90 Å². The molecule has 2 fully saturated rings. The quantitative estimate of drug-likeness (QED) is 0.663. The summed E-state index contributed by atoms with van der Waals surface area (Å²) in [7, 11) is 0. The normalized spacial score (nSPS) is 24.9. The SMILES string of the molecule is CCCOC[C@H]1CCN(C(=O)CN2CCOCC2)C1. The van der Waals surface area contributed by atoms with Crippen LogP contribution in [0.25, 0.3) is 0 Å². The van der Waals surface area contributed by atoms with Gasteiger partial charge in [-0.15, -0.1) is 0 Å². The summed E-state index contributed by atoms with van der Waals surface area (Å²) in [5, 5.41) is 0. The molecule has 0 unspecified atom stereocenters. The van der Waals surface area contributed by atoms with Crippen molar-refractivity contribution in [3.8, 4) is 0 Å². The van der Waals surface area contributed by atoms with Gasteiger partial charge in [-0.1, -0.05) is 6.92 Å². The standard InChI is InChI=1S/C14H26N2O3/c1-2-7-19-12-13-3-4-16(10-13)14(17)11-15-5-8-18-9-6-15/h13H,2-12H2,1H3/t13-/m0/s1. The summed E-state index contributed by atoms with van der Waals surface area (Å²) in [5.74, 6) is 0.792. The molecule has 5 nitrogen and oxygen atoms in total. The minimum Gasteiger partial charge on any atom is -0.381 e. The van der Waals surface area contributed by atoms with Gasteiger partial charge in [0.25, 0.3) is 0 Å². The lowest BCUT2D eigenvalue weighted by atomic mass is 10.1. The molecule has 2 rings (SSSR count). The highest BCUT2D eigenvalue weighted by molar-refractivity contribution is 5.78. The first kappa shape index (κ1) is 14.8. The molecule has 19 heavy (non-hydrogen) atoms. The number of morpholine rings is 1. The number of rotatable bonds is 6. The van der Waals surface area contributed by atoms with Crippen LogP contribution in [0.5, 0.6) is 0 Å². The van der Waals surface area contributed by atoms with Gasteiger partial charge in [0.05, 0.1) is 26.4 Å². The van der Waals surface area contributed by atoms with E-state index < -0.39 is 0 Å². The first-order valence-electron chi connectivity index (χ1n) is 7.45. The predicted octanol–water partition coefficient (Wildman–Crippen LogP) is 0.594. The Hall–Kier alpha value is -0.650. The van der Waals surface area contributed by atoms with Crippen LogP contribution >= 0.6 is 0 Å². The van der Waals surface area contributed by atoms with Gasteiger partial charge < -0.3 is 14.4 Å². The molecule has 2 saturated heterocycles. The molecule has 2 aliphatic heterocycles. The predicted molar refractivity (Wildman–Crippen MR) is 73.1 cm³/mol. The number of amides is 1. The van der Waals surface area contributed by atoms with Crippen LogP contribution in [-0.2, 0) is 14.3 Å². The molecule has 0 N–H and O–H groups in total. The molecule has 0 aliphatic carbocycles. The molecule has 2 aliphatic rings. The lowest BCUT2D eigenvalue weighted by molar-refractivity contribution is -0.132. The average molecular weight is 270 g/mol. The van der Waals surface area contributed by atoms with Gasteiger partial charge in [0.15, 0.2) is 0 Å². The molecule has 5 heteroatoms. The molecule has 1 atom stereocenters. The van der Waals surface area contributed by atoms with Crippen molar-refractivity contribution in [2.45, 2.75) is 19.8 Å². The van der Waals surface area contributed by atoms with Crippen molar-refractivity contribution < 1.29 is 14.3 Å². The van der Waals surface area contributed by atoms with Crippen LogP contribution in [0.4, 0.5) is 0 Å². The Kier molecular flexibility index (Phi) is 6.07. The molecule has 2 heterocycles. The second-order valence-electron chi connectivity index (χ2n) is 5.46. The van der Waals surface area contributed by atoms with Gasteiger partial charge in [-0.25, -0.2) is 0 Å². The Morgan fingerprint density at radius 3 is 2.84 bits per heavy atom. The van der Waals surface area contributed by atoms with Gasteiger partial charge in [0, 0.05) is 38.7 Å². The van der Waals surface area contributed by atoms with E-state index in [9.17, 15) is 4.79 Å². The molecule has 0 saturated carbocycles. The summed E-state index contributed by atoms with van der Waals surface area (Å²) in [5.41, 5.74) is 0. The van der Waals surface area contributed by atoms with Gasteiger partial charge in [-0.2, -0.15) is 0 Å². The van der Waals surface area contributed by atoms with E-state index in [1.54, 1.807) is 0 Å². The van der Waals surface area contributed by atoms with Crippen molar-refractivity contribution >= 4 is 5.91 Å². The number of likely N-dealkylation sites (tertiary alicyclic amines) is 1. The van der Waals surface area contributed by atoms with Gasteiger partial charge in [0.1, 0.15) is 0 Å². The van der Waals surface area contributed by atoms with Crippen molar-refractivity contribution in [1.29, 1.82) is 0 Å². The molecule has 0 bridgehead atoms. The van der Waals surface area contributed by atoms with Crippen LogP contribution in [0.1, 0.15) is 19.8 Å². The number of ether oxygens (including phenoxy) is 2. The fourth-order valence-corrected chi connectivity index (χ4v) is 2.64. The minimum absolute atomic E-state index is 0.264. The molecule has 0 aromatic carbocycles. The maximum atomic E-state index is 12.2. The number of hydrogen-bond acceptors (Lipinski definition) is 4. The molecular formula is C14H26N2O3. The second kappa shape index (κ2) is 7.82. The Balaban J connectivity index is 1.66. The molecule has 110 valence electrons. The Bertz CT molecular complexity index is 280. The van der Waals surface area contributed by atoms with Crippen molar-refractivity contribution in [3.05, 3.63) is 0 Å². The number of carbonyl (C=O) groups excluding carboxylic acids is 1. The zero-order chi connectivity index (χ0) is 13.5. The van der Waals surface area contributed by atoms with E-state index >= 15 is 0 Å². The zero-order valence-corrected chi connectivity index (χ0v) is 12.0. The fourth-order valence-electron chi connectivity index (χ4n) is 2.64. The highest BCUT2D eigenvalue weighted by Gasteiger charge is 2.27. The van der Waals surface area contributed by atoms with Crippen LogP contribution in [0, 0.1) is 5.92 Å². The topological polar surface area (TPSA) is 42.0 Å². The summed E-state index contributed by atoms with van der Waals surface area (Å²) in [4.78, 5) is 16.4. The van der Waals surface area contributed by atoms with E-state index in [4.69, 9.17) is 9.47 Å². The maximum Gasteiger partial charge on any atom is 0.236 e. The van der Waals surface area contributed by atoms with Crippen LogP contribution in [0.3, 0.4) is 0 Å². The van der Waals surface area contributed by atoms with E-state index in [0.717, 1.165) is 65.4 Å². The van der Waals surface area contributed by atoms with Crippen molar-refractivity contribution in [3.63, 3.8) is 0 Å². The summed E-state index contributed by atoms with van der Waals surface area (Å²) in [6, 6.07) is 0. The smallest absolute Gasteiger partial charge is 0.236 e. The largest absolute Gasteiger partial charge is 0.381 e. The molecule has 0 aromatic rings. The molecule has 0 radical (unpaired) electrons. The maximum absolute atomic E-state index is 12.2. The number of nitrogens with zero attached hydrogens (tertiary/aromatic N) is 2. The number of hydrogen-bond donors (Lipinski definition) is 0. The van der Waals surface area contributed by atoms with Gasteiger partial charge in [-0.05, 0) is 12.8 Å². The van der Waals surface area contributed by atoms with Crippen LogP contribution < -0.4 is 0 Å². The van der Waals surface area contributed by atoms with E-state index in [1.165, 1.54) is 0 Å². The highest BCUT2D eigenvalue weighted by atomic mass is 16.5. The van der Waals surface area contributed by atoms with Crippen LogP contribution in [-0.4, -0.2) is 74.9 Å². The molecule has 1 amide bonds. The summed E-state index contributed by atoms with van der Waals surface area (Å²) < 4.78 is 10.9. The Morgan fingerprint density at radius 2 is 2.11 bits per heavy atom. The highest BCUT2D eigenvalue weighted by Crippen LogP contribution is 2.17. The fraction of sp³-hybridized carbons (Fsp3) is 0.929. The van der Waals surface area contributed by atoms with Crippen molar-refractivity contribution in [2.75, 3.05) is 59.2 Å². The Morgan fingerprint density at radius 1 is 1.32 bits per heavy atom. The zero-order valence-electron chi connectivity index (χ0n) is 12.0.